The minimum atomic E-state index is 0.293. The third-order valence-corrected chi connectivity index (χ3v) is 3.95. The molecule has 0 aromatic heterocycles. The Morgan fingerprint density at radius 1 is 1.27 bits per heavy atom. The Labute approximate surface area is 101 Å². The zero-order valence-corrected chi connectivity index (χ0v) is 10.2. The second kappa shape index (κ2) is 5.62. The van der Waals surface area contributed by atoms with Crippen LogP contribution in [0.1, 0.15) is 19.3 Å². The van der Waals surface area contributed by atoms with Crippen LogP contribution < -0.4 is 0 Å². The summed E-state index contributed by atoms with van der Waals surface area (Å²) in [6.07, 6.45) is 5.74. The van der Waals surface area contributed by atoms with Crippen molar-refractivity contribution in [2.45, 2.75) is 29.5 Å². The molecule has 0 spiro atoms. The number of benzene rings is 1. The summed E-state index contributed by atoms with van der Waals surface area (Å²) in [6, 6.07) is 10.6. The Hall–Kier alpha value is -0.400. The van der Waals surface area contributed by atoms with Crippen molar-refractivity contribution in [2.24, 2.45) is 0 Å². The van der Waals surface area contributed by atoms with Crippen molar-refractivity contribution in [3.05, 3.63) is 42.0 Å². The molecule has 0 N–H and O–H groups in total. The van der Waals surface area contributed by atoms with Gasteiger partial charge < -0.3 is 0 Å². The maximum absolute atomic E-state index is 6.02. The summed E-state index contributed by atoms with van der Waals surface area (Å²) in [4.78, 5) is 1.36. The maximum atomic E-state index is 6.02. The maximum Gasteiger partial charge on any atom is 0.0521 e. The molecule has 1 unspecified atom stereocenters. The van der Waals surface area contributed by atoms with Gasteiger partial charge in [0.1, 0.15) is 0 Å². The predicted octanol–water partition coefficient (Wildman–Crippen LogP) is 4.50. The van der Waals surface area contributed by atoms with E-state index in [1.807, 2.05) is 11.8 Å². The Morgan fingerprint density at radius 2 is 2.07 bits per heavy atom. The van der Waals surface area contributed by atoms with Crippen LogP contribution in [-0.2, 0) is 0 Å². The number of allylic oxidation sites excluding steroid dienone is 2. The van der Waals surface area contributed by atoms with Gasteiger partial charge in [0.25, 0.3) is 0 Å². The molecule has 1 aromatic carbocycles. The van der Waals surface area contributed by atoms with Crippen LogP contribution in [-0.4, -0.2) is 11.1 Å². The summed E-state index contributed by atoms with van der Waals surface area (Å²) in [5.41, 5.74) is 1.54. The van der Waals surface area contributed by atoms with Crippen LogP contribution in [0, 0.1) is 0 Å². The summed E-state index contributed by atoms with van der Waals surface area (Å²) in [6.45, 7) is 0. The number of hydrogen-bond acceptors (Lipinski definition) is 1. The highest BCUT2D eigenvalue weighted by atomic mass is 35.5. The van der Waals surface area contributed by atoms with Crippen LogP contribution in [0.4, 0.5) is 0 Å². The molecule has 0 amide bonds. The predicted molar refractivity (Wildman–Crippen MR) is 68.7 cm³/mol. The van der Waals surface area contributed by atoms with Crippen molar-refractivity contribution < 1.29 is 0 Å². The topological polar surface area (TPSA) is 0 Å². The molecular formula is C13H15ClS. The van der Waals surface area contributed by atoms with E-state index < -0.39 is 0 Å². The summed E-state index contributed by atoms with van der Waals surface area (Å²) in [5.74, 6) is 1.17. The fourth-order valence-electron chi connectivity index (χ4n) is 1.77. The molecule has 0 saturated carbocycles. The van der Waals surface area contributed by atoms with Crippen molar-refractivity contribution >= 4 is 23.4 Å². The summed E-state index contributed by atoms with van der Waals surface area (Å²) in [7, 11) is 0. The highest BCUT2D eigenvalue weighted by Gasteiger charge is 2.12. The molecule has 0 bridgehead atoms. The molecule has 0 fully saturated rings. The van der Waals surface area contributed by atoms with Crippen molar-refractivity contribution in [3.63, 3.8) is 0 Å². The molecule has 1 aliphatic rings. The molecule has 0 aliphatic heterocycles. The first-order chi connectivity index (χ1) is 7.34. The average Bonchev–Trinajstić information content (AvgIpc) is 2.66. The van der Waals surface area contributed by atoms with E-state index in [-0.39, 0.29) is 0 Å². The molecular weight excluding hydrogens is 224 g/mol. The van der Waals surface area contributed by atoms with Crippen LogP contribution in [0.2, 0.25) is 0 Å². The van der Waals surface area contributed by atoms with Gasteiger partial charge in [-0.05, 0) is 31.4 Å². The number of thioether (sulfide) groups is 1. The van der Waals surface area contributed by atoms with Crippen molar-refractivity contribution in [2.75, 3.05) is 5.75 Å². The quantitative estimate of drug-likeness (QED) is 0.423. The first-order valence-electron chi connectivity index (χ1n) is 5.36. The molecule has 0 nitrogen and oxygen atoms in total. The van der Waals surface area contributed by atoms with Gasteiger partial charge >= 0.3 is 0 Å². The SMILES string of the molecule is ClC1C=C(CCSc2ccccc2)CC1. The first kappa shape index (κ1) is 11.1. The molecule has 0 radical (unpaired) electrons. The number of hydrogen-bond donors (Lipinski definition) is 0. The van der Waals surface area contributed by atoms with Crippen LogP contribution in [0.5, 0.6) is 0 Å². The largest absolute Gasteiger partial charge is 0.126 e. The number of alkyl halides is 1. The normalized spacial score (nSPS) is 20.3. The van der Waals surface area contributed by atoms with Crippen LogP contribution in [0.3, 0.4) is 0 Å². The van der Waals surface area contributed by atoms with E-state index >= 15 is 0 Å². The smallest absolute Gasteiger partial charge is 0.0521 e. The fraction of sp³-hybridized carbons (Fsp3) is 0.385. The van der Waals surface area contributed by atoms with Gasteiger partial charge in [0.2, 0.25) is 0 Å². The monoisotopic (exact) mass is 238 g/mol. The lowest BCUT2D eigenvalue weighted by Gasteiger charge is -2.01. The molecule has 80 valence electrons. The van der Waals surface area contributed by atoms with Crippen molar-refractivity contribution in [1.82, 2.24) is 0 Å². The second-order valence-corrected chi connectivity index (χ2v) is 5.52. The van der Waals surface area contributed by atoms with Gasteiger partial charge in [-0.1, -0.05) is 29.8 Å². The van der Waals surface area contributed by atoms with E-state index in [0.717, 1.165) is 6.42 Å². The van der Waals surface area contributed by atoms with Gasteiger partial charge in [-0.25, -0.2) is 0 Å². The Kier molecular flexibility index (Phi) is 4.16. The summed E-state index contributed by atoms with van der Waals surface area (Å²) >= 11 is 7.94. The van der Waals surface area contributed by atoms with Gasteiger partial charge in [-0.15, -0.1) is 23.4 Å². The van der Waals surface area contributed by atoms with Crippen LogP contribution >= 0.6 is 23.4 Å². The minimum Gasteiger partial charge on any atom is -0.126 e. The summed E-state index contributed by atoms with van der Waals surface area (Å²) in [5, 5.41) is 0.293. The molecule has 1 aromatic rings. The Morgan fingerprint density at radius 3 is 2.73 bits per heavy atom. The molecule has 0 saturated heterocycles. The Balaban J connectivity index is 1.74. The molecule has 0 heterocycles. The highest BCUT2D eigenvalue weighted by molar-refractivity contribution is 7.99. The molecule has 15 heavy (non-hydrogen) atoms. The average molecular weight is 239 g/mol. The second-order valence-electron chi connectivity index (χ2n) is 3.79. The van der Waals surface area contributed by atoms with E-state index in [1.54, 1.807) is 5.57 Å². The third kappa shape index (κ3) is 3.58. The lowest BCUT2D eigenvalue weighted by molar-refractivity contribution is 0.886. The summed E-state index contributed by atoms with van der Waals surface area (Å²) < 4.78 is 0. The van der Waals surface area contributed by atoms with E-state index in [2.05, 4.69) is 36.4 Å². The van der Waals surface area contributed by atoms with Gasteiger partial charge in [0.15, 0.2) is 0 Å². The minimum absolute atomic E-state index is 0.293. The standard InChI is InChI=1S/C13H15ClS/c14-12-7-6-11(10-12)8-9-15-13-4-2-1-3-5-13/h1-5,10,12H,6-9H2. The van der Waals surface area contributed by atoms with E-state index in [4.69, 9.17) is 11.6 Å². The molecule has 2 rings (SSSR count). The van der Waals surface area contributed by atoms with E-state index in [0.29, 0.717) is 5.38 Å². The van der Waals surface area contributed by atoms with Crippen LogP contribution in [0.25, 0.3) is 0 Å². The zero-order chi connectivity index (χ0) is 10.5. The molecule has 1 aliphatic carbocycles. The van der Waals surface area contributed by atoms with E-state index in [1.165, 1.54) is 23.5 Å². The lowest BCUT2D eigenvalue weighted by atomic mass is 10.2. The van der Waals surface area contributed by atoms with Gasteiger partial charge in [-0.2, -0.15) is 0 Å². The van der Waals surface area contributed by atoms with Crippen molar-refractivity contribution in [1.29, 1.82) is 0 Å². The molecule has 1 atom stereocenters. The van der Waals surface area contributed by atoms with Gasteiger partial charge in [0, 0.05) is 10.6 Å². The third-order valence-electron chi connectivity index (χ3n) is 2.59. The van der Waals surface area contributed by atoms with Crippen LogP contribution in [0.15, 0.2) is 46.9 Å². The van der Waals surface area contributed by atoms with Crippen molar-refractivity contribution in [3.8, 4) is 0 Å². The molecule has 2 heteroatoms. The number of rotatable bonds is 4. The number of halogens is 1. The fourth-order valence-corrected chi connectivity index (χ4v) is 3.01. The Bertz CT molecular complexity index is 332. The zero-order valence-electron chi connectivity index (χ0n) is 8.66. The van der Waals surface area contributed by atoms with Gasteiger partial charge in [0.05, 0.1) is 5.38 Å². The highest BCUT2D eigenvalue weighted by Crippen LogP contribution is 2.27. The lowest BCUT2D eigenvalue weighted by Crippen LogP contribution is -1.83. The van der Waals surface area contributed by atoms with E-state index in [9.17, 15) is 0 Å². The van der Waals surface area contributed by atoms with Gasteiger partial charge in [-0.3, -0.25) is 0 Å². The first-order valence-corrected chi connectivity index (χ1v) is 6.78.